The Morgan fingerprint density at radius 3 is 2.94 bits per heavy atom. The molecule has 0 unspecified atom stereocenters. The van der Waals surface area contributed by atoms with Crippen LogP contribution in [0.3, 0.4) is 0 Å². The van der Waals surface area contributed by atoms with Gasteiger partial charge in [-0.25, -0.2) is 0 Å². The summed E-state index contributed by atoms with van der Waals surface area (Å²) < 4.78 is 0. The first-order valence-corrected chi connectivity index (χ1v) is 6.24. The van der Waals surface area contributed by atoms with Gasteiger partial charge in [0.25, 0.3) is 0 Å². The summed E-state index contributed by atoms with van der Waals surface area (Å²) in [5, 5.41) is 0. The fraction of sp³-hybridized carbons (Fsp3) is 0.615. The van der Waals surface area contributed by atoms with Gasteiger partial charge in [-0.05, 0) is 37.9 Å². The van der Waals surface area contributed by atoms with Gasteiger partial charge in [0.05, 0.1) is 11.4 Å². The summed E-state index contributed by atoms with van der Waals surface area (Å²) in [6.07, 6.45) is 7.04. The zero-order chi connectivity index (χ0) is 11.4. The number of nitrogens with zero attached hydrogens (tertiary/aromatic N) is 2. The normalized spacial score (nSPS) is 15.6. The Morgan fingerprint density at radius 2 is 2.31 bits per heavy atom. The molecule has 0 atom stereocenters. The molecule has 0 aromatic carbocycles. The van der Waals surface area contributed by atoms with E-state index in [2.05, 4.69) is 16.8 Å². The van der Waals surface area contributed by atoms with Crippen LogP contribution in [0.4, 0.5) is 5.69 Å². The second kappa shape index (κ2) is 5.30. The molecule has 1 aliphatic rings. The maximum absolute atomic E-state index is 5.93. The molecule has 0 spiro atoms. The maximum Gasteiger partial charge on any atom is 0.0772 e. The molecular formula is C13H21N3. The molecule has 1 saturated carbocycles. The van der Waals surface area contributed by atoms with Crippen molar-refractivity contribution < 1.29 is 0 Å². The number of rotatable bonds is 6. The Labute approximate surface area is 97.7 Å². The molecule has 0 radical (unpaired) electrons. The van der Waals surface area contributed by atoms with E-state index in [9.17, 15) is 0 Å². The van der Waals surface area contributed by atoms with Crippen molar-refractivity contribution in [3.8, 4) is 0 Å². The molecule has 0 amide bonds. The zero-order valence-electron chi connectivity index (χ0n) is 10.0. The predicted octanol–water partition coefficient (Wildman–Crippen LogP) is 2.43. The summed E-state index contributed by atoms with van der Waals surface area (Å²) in [5.74, 6) is 0. The highest BCUT2D eigenvalue weighted by molar-refractivity contribution is 5.41. The molecular weight excluding hydrogens is 198 g/mol. The molecule has 2 rings (SSSR count). The van der Waals surface area contributed by atoms with Gasteiger partial charge in [-0.3, -0.25) is 9.88 Å². The van der Waals surface area contributed by atoms with Crippen molar-refractivity contribution in [2.24, 2.45) is 0 Å². The molecule has 88 valence electrons. The minimum atomic E-state index is 0.785. The molecule has 0 saturated heterocycles. The lowest BCUT2D eigenvalue weighted by Gasteiger charge is -2.21. The van der Waals surface area contributed by atoms with Gasteiger partial charge in [-0.1, -0.05) is 13.3 Å². The number of anilines is 1. The third-order valence-electron chi connectivity index (χ3n) is 3.14. The number of pyridine rings is 1. The molecule has 1 aliphatic carbocycles. The van der Waals surface area contributed by atoms with E-state index in [1.54, 1.807) is 0 Å². The van der Waals surface area contributed by atoms with Crippen LogP contribution in [0.1, 0.15) is 38.3 Å². The van der Waals surface area contributed by atoms with Gasteiger partial charge in [0.15, 0.2) is 0 Å². The zero-order valence-corrected chi connectivity index (χ0v) is 10.0. The fourth-order valence-electron chi connectivity index (χ4n) is 1.97. The first kappa shape index (κ1) is 11.4. The fourth-order valence-corrected chi connectivity index (χ4v) is 1.97. The Hall–Kier alpha value is -1.09. The highest BCUT2D eigenvalue weighted by atomic mass is 15.2. The molecule has 0 aliphatic heterocycles. The highest BCUT2D eigenvalue weighted by Gasteiger charge is 2.28. The average Bonchev–Trinajstić information content (AvgIpc) is 3.10. The topological polar surface area (TPSA) is 42.2 Å². The Kier molecular flexibility index (Phi) is 3.78. The average molecular weight is 219 g/mol. The van der Waals surface area contributed by atoms with Gasteiger partial charge in [-0.15, -0.1) is 0 Å². The summed E-state index contributed by atoms with van der Waals surface area (Å²) in [4.78, 5) is 6.90. The van der Waals surface area contributed by atoms with Gasteiger partial charge in [-0.2, -0.15) is 0 Å². The quantitative estimate of drug-likeness (QED) is 0.799. The van der Waals surface area contributed by atoms with Crippen molar-refractivity contribution in [3.05, 3.63) is 24.0 Å². The summed E-state index contributed by atoms with van der Waals surface area (Å²) in [6, 6.07) is 4.62. The van der Waals surface area contributed by atoms with Crippen LogP contribution in [0.5, 0.6) is 0 Å². The molecule has 1 aromatic heterocycles. The number of nitrogens with two attached hydrogens (primary N) is 1. The molecule has 1 aromatic rings. The van der Waals surface area contributed by atoms with Crippen LogP contribution in [0, 0.1) is 0 Å². The van der Waals surface area contributed by atoms with Gasteiger partial charge in [0.2, 0.25) is 0 Å². The standard InChI is InChI=1S/C13H21N3/c1-2-3-9-16(11-6-7-11)10-13-12(14)5-4-8-15-13/h4-5,8,11H,2-3,6-7,9-10,14H2,1H3. The van der Waals surface area contributed by atoms with Crippen LogP contribution in [-0.4, -0.2) is 22.5 Å². The highest BCUT2D eigenvalue weighted by Crippen LogP contribution is 2.28. The van der Waals surface area contributed by atoms with E-state index in [0.717, 1.165) is 24.0 Å². The van der Waals surface area contributed by atoms with Crippen molar-refractivity contribution in [1.82, 2.24) is 9.88 Å². The van der Waals surface area contributed by atoms with Crippen LogP contribution < -0.4 is 5.73 Å². The molecule has 3 heteroatoms. The summed E-state index contributed by atoms with van der Waals surface area (Å²) >= 11 is 0. The number of nitrogen functional groups attached to an aromatic ring is 1. The third kappa shape index (κ3) is 2.95. The monoisotopic (exact) mass is 219 g/mol. The van der Waals surface area contributed by atoms with Crippen LogP contribution in [0.15, 0.2) is 18.3 Å². The largest absolute Gasteiger partial charge is 0.397 e. The van der Waals surface area contributed by atoms with E-state index >= 15 is 0 Å². The van der Waals surface area contributed by atoms with Crippen molar-refractivity contribution in [2.75, 3.05) is 12.3 Å². The van der Waals surface area contributed by atoms with E-state index in [-0.39, 0.29) is 0 Å². The Balaban J connectivity index is 1.97. The lowest BCUT2D eigenvalue weighted by molar-refractivity contribution is 0.248. The molecule has 16 heavy (non-hydrogen) atoms. The van der Waals surface area contributed by atoms with E-state index in [4.69, 9.17) is 5.73 Å². The van der Waals surface area contributed by atoms with Gasteiger partial charge < -0.3 is 5.73 Å². The van der Waals surface area contributed by atoms with Crippen LogP contribution in [0.25, 0.3) is 0 Å². The Morgan fingerprint density at radius 1 is 1.50 bits per heavy atom. The number of hydrogen-bond donors (Lipinski definition) is 1. The van der Waals surface area contributed by atoms with Gasteiger partial charge in [0.1, 0.15) is 0 Å². The summed E-state index contributed by atoms with van der Waals surface area (Å²) in [6.45, 7) is 4.33. The number of unbranched alkanes of at least 4 members (excludes halogenated alkanes) is 1. The van der Waals surface area contributed by atoms with E-state index in [0.29, 0.717) is 0 Å². The minimum Gasteiger partial charge on any atom is -0.397 e. The minimum absolute atomic E-state index is 0.785. The van der Waals surface area contributed by atoms with Crippen LogP contribution in [-0.2, 0) is 6.54 Å². The van der Waals surface area contributed by atoms with Crippen LogP contribution in [0.2, 0.25) is 0 Å². The number of hydrogen-bond acceptors (Lipinski definition) is 3. The molecule has 3 nitrogen and oxygen atoms in total. The maximum atomic E-state index is 5.93. The van der Waals surface area contributed by atoms with E-state index in [1.807, 2.05) is 18.3 Å². The first-order valence-electron chi connectivity index (χ1n) is 6.24. The first-order chi connectivity index (χ1) is 7.81. The van der Waals surface area contributed by atoms with Crippen LogP contribution >= 0.6 is 0 Å². The van der Waals surface area contributed by atoms with E-state index < -0.39 is 0 Å². The molecule has 1 heterocycles. The van der Waals surface area contributed by atoms with Crippen molar-refractivity contribution in [2.45, 2.75) is 45.2 Å². The smallest absolute Gasteiger partial charge is 0.0772 e. The Bertz CT molecular complexity index is 334. The lowest BCUT2D eigenvalue weighted by atomic mass is 10.2. The van der Waals surface area contributed by atoms with Crippen molar-refractivity contribution >= 4 is 5.69 Å². The molecule has 1 fully saturated rings. The SMILES string of the molecule is CCCCN(Cc1ncccc1N)C1CC1. The summed E-state index contributed by atoms with van der Waals surface area (Å²) in [5.41, 5.74) is 7.79. The second-order valence-corrected chi connectivity index (χ2v) is 4.59. The van der Waals surface area contributed by atoms with Crippen molar-refractivity contribution in [1.29, 1.82) is 0 Å². The van der Waals surface area contributed by atoms with E-state index in [1.165, 1.54) is 32.2 Å². The lowest BCUT2D eigenvalue weighted by Crippen LogP contribution is -2.27. The number of aromatic nitrogens is 1. The molecule has 2 N–H and O–H groups in total. The van der Waals surface area contributed by atoms with Gasteiger partial charge >= 0.3 is 0 Å². The van der Waals surface area contributed by atoms with Gasteiger partial charge in [0, 0.05) is 18.8 Å². The third-order valence-corrected chi connectivity index (χ3v) is 3.14. The predicted molar refractivity (Wildman–Crippen MR) is 67.0 cm³/mol. The second-order valence-electron chi connectivity index (χ2n) is 4.59. The van der Waals surface area contributed by atoms with Crippen molar-refractivity contribution in [3.63, 3.8) is 0 Å². The molecule has 0 bridgehead atoms. The summed E-state index contributed by atoms with van der Waals surface area (Å²) in [7, 11) is 0.